The maximum absolute atomic E-state index is 11.5. The minimum absolute atomic E-state index is 0.390. The van der Waals surface area contributed by atoms with E-state index in [0.717, 1.165) is 9.80 Å². The van der Waals surface area contributed by atoms with Crippen LogP contribution in [0.25, 0.3) is 0 Å². The van der Waals surface area contributed by atoms with E-state index in [1.54, 1.807) is 0 Å². The van der Waals surface area contributed by atoms with Crippen LogP contribution in [0.1, 0.15) is 0 Å². The molecular weight excluding hydrogens is 260 g/mol. The molecule has 0 saturated carbocycles. The van der Waals surface area contributed by atoms with Gasteiger partial charge in [0.2, 0.25) is 0 Å². The van der Waals surface area contributed by atoms with E-state index in [2.05, 4.69) is 0 Å². The molecule has 4 amide bonds. The zero-order valence-electron chi connectivity index (χ0n) is 10.1. The second-order valence-corrected chi connectivity index (χ2v) is 4.21. The molecule has 0 saturated heterocycles. The quantitative estimate of drug-likeness (QED) is 0.734. The van der Waals surface area contributed by atoms with Crippen LogP contribution in [0, 0.1) is 0 Å². The average molecular weight is 268 g/mol. The Morgan fingerprint density at radius 2 is 0.750 bits per heavy atom. The van der Waals surface area contributed by atoms with E-state index < -0.39 is 23.6 Å². The van der Waals surface area contributed by atoms with Crippen LogP contribution < -0.4 is 9.80 Å². The summed E-state index contributed by atoms with van der Waals surface area (Å²) >= 11 is 0. The van der Waals surface area contributed by atoms with Gasteiger partial charge in [0.05, 0.1) is 11.4 Å². The Kier molecular flexibility index (Phi) is 2.57. The molecule has 0 unspecified atom stereocenters. The summed E-state index contributed by atoms with van der Waals surface area (Å²) in [6.45, 7) is 0. The fourth-order valence-electron chi connectivity index (χ4n) is 2.06. The highest BCUT2D eigenvalue weighted by molar-refractivity contribution is 6.29. The third kappa shape index (κ3) is 1.74. The van der Waals surface area contributed by atoms with Crippen molar-refractivity contribution in [3.63, 3.8) is 0 Å². The summed E-state index contributed by atoms with van der Waals surface area (Å²) in [4.78, 5) is 48.1. The molecule has 0 fully saturated rings. The summed E-state index contributed by atoms with van der Waals surface area (Å²) in [6, 6.07) is 6.04. The first kappa shape index (κ1) is 12.0. The Balaban J connectivity index is 1.89. The monoisotopic (exact) mass is 268 g/mol. The molecular formula is C14H8N2O4. The topological polar surface area (TPSA) is 74.8 Å². The minimum Gasteiger partial charge on any atom is -0.269 e. The van der Waals surface area contributed by atoms with Crippen molar-refractivity contribution in [2.24, 2.45) is 0 Å². The smallest absolute Gasteiger partial charge is 0.258 e. The normalized spacial score (nSPS) is 17.8. The minimum atomic E-state index is -0.419. The molecule has 98 valence electrons. The van der Waals surface area contributed by atoms with Gasteiger partial charge in [-0.3, -0.25) is 19.2 Å². The van der Waals surface area contributed by atoms with Crippen molar-refractivity contribution in [1.82, 2.24) is 0 Å². The van der Waals surface area contributed by atoms with E-state index in [1.165, 1.54) is 48.6 Å². The molecule has 0 radical (unpaired) electrons. The summed E-state index contributed by atoms with van der Waals surface area (Å²) in [6.07, 6.45) is 4.75. The molecule has 6 nitrogen and oxygen atoms in total. The molecule has 0 N–H and O–H groups in total. The lowest BCUT2D eigenvalue weighted by Gasteiger charge is -2.17. The third-order valence-corrected chi connectivity index (χ3v) is 2.98. The summed E-state index contributed by atoms with van der Waals surface area (Å²) in [5.41, 5.74) is 0.779. The molecule has 0 bridgehead atoms. The number of imide groups is 2. The Hall–Kier alpha value is -3.02. The number of hydrogen-bond donors (Lipinski definition) is 0. The van der Waals surface area contributed by atoms with Gasteiger partial charge in [0.15, 0.2) is 0 Å². The van der Waals surface area contributed by atoms with Gasteiger partial charge in [0, 0.05) is 24.3 Å². The molecule has 2 aliphatic heterocycles. The van der Waals surface area contributed by atoms with Crippen molar-refractivity contribution in [1.29, 1.82) is 0 Å². The van der Waals surface area contributed by atoms with E-state index in [1.807, 2.05) is 0 Å². The van der Waals surface area contributed by atoms with Crippen molar-refractivity contribution in [2.75, 3.05) is 9.80 Å². The molecule has 2 heterocycles. The van der Waals surface area contributed by atoms with Crippen molar-refractivity contribution in [3.8, 4) is 0 Å². The average Bonchev–Trinajstić information content (AvgIpc) is 2.94. The highest BCUT2D eigenvalue weighted by atomic mass is 16.2. The van der Waals surface area contributed by atoms with Crippen LogP contribution in [0.5, 0.6) is 0 Å². The Morgan fingerprint density at radius 3 is 1.00 bits per heavy atom. The number of carbonyl (C=O) groups excluding carboxylic acids is 4. The Bertz CT molecular complexity index is 603. The van der Waals surface area contributed by atoms with Gasteiger partial charge in [-0.05, 0) is 24.3 Å². The SMILES string of the molecule is O=C1C=CC(=O)N1c1ccc(N2C(=O)C=CC2=O)cc1. The van der Waals surface area contributed by atoms with Crippen LogP contribution >= 0.6 is 0 Å². The van der Waals surface area contributed by atoms with Crippen LogP contribution in [-0.4, -0.2) is 23.6 Å². The first-order valence-electron chi connectivity index (χ1n) is 5.80. The number of amides is 4. The second-order valence-electron chi connectivity index (χ2n) is 4.21. The lowest BCUT2D eigenvalue weighted by atomic mass is 10.2. The van der Waals surface area contributed by atoms with Gasteiger partial charge >= 0.3 is 0 Å². The largest absolute Gasteiger partial charge is 0.269 e. The van der Waals surface area contributed by atoms with Gasteiger partial charge in [-0.15, -0.1) is 0 Å². The predicted octanol–water partition coefficient (Wildman–Crippen LogP) is 0.545. The zero-order valence-corrected chi connectivity index (χ0v) is 10.1. The highest BCUT2D eigenvalue weighted by Gasteiger charge is 2.27. The second kappa shape index (κ2) is 4.27. The zero-order chi connectivity index (χ0) is 14.3. The summed E-state index contributed by atoms with van der Waals surface area (Å²) in [5.74, 6) is -1.68. The first-order valence-corrected chi connectivity index (χ1v) is 5.80. The maximum Gasteiger partial charge on any atom is 0.258 e. The Morgan fingerprint density at radius 1 is 0.500 bits per heavy atom. The van der Waals surface area contributed by atoms with Gasteiger partial charge in [-0.2, -0.15) is 0 Å². The van der Waals surface area contributed by atoms with E-state index >= 15 is 0 Å². The molecule has 0 aliphatic carbocycles. The van der Waals surface area contributed by atoms with Crippen molar-refractivity contribution in [3.05, 3.63) is 48.6 Å². The molecule has 20 heavy (non-hydrogen) atoms. The number of hydrogen-bond acceptors (Lipinski definition) is 4. The number of carbonyl (C=O) groups is 4. The summed E-state index contributed by atoms with van der Waals surface area (Å²) < 4.78 is 0. The third-order valence-electron chi connectivity index (χ3n) is 2.98. The first-order chi connectivity index (χ1) is 9.58. The van der Waals surface area contributed by atoms with Crippen molar-refractivity contribution < 1.29 is 19.2 Å². The number of rotatable bonds is 2. The molecule has 0 aromatic heterocycles. The predicted molar refractivity (Wildman–Crippen MR) is 69.7 cm³/mol. The van der Waals surface area contributed by atoms with Crippen LogP contribution in [0.15, 0.2) is 48.6 Å². The van der Waals surface area contributed by atoms with Crippen LogP contribution in [0.4, 0.5) is 11.4 Å². The van der Waals surface area contributed by atoms with Crippen LogP contribution in [0.3, 0.4) is 0 Å². The van der Waals surface area contributed by atoms with E-state index in [9.17, 15) is 19.2 Å². The van der Waals surface area contributed by atoms with E-state index in [-0.39, 0.29) is 0 Å². The Labute approximate surface area is 113 Å². The van der Waals surface area contributed by atoms with Crippen LogP contribution in [0.2, 0.25) is 0 Å². The van der Waals surface area contributed by atoms with Crippen LogP contribution in [-0.2, 0) is 19.2 Å². The summed E-state index contributed by atoms with van der Waals surface area (Å²) in [7, 11) is 0. The standard InChI is InChI=1S/C14H8N2O4/c17-11-5-6-12(18)15(11)9-1-2-10(4-3-9)16-13(19)7-8-14(16)20/h1-8H. The lowest BCUT2D eigenvalue weighted by Crippen LogP contribution is -2.31. The fraction of sp³-hybridized carbons (Fsp3) is 0. The van der Waals surface area contributed by atoms with E-state index in [4.69, 9.17) is 0 Å². The molecule has 3 rings (SSSR count). The van der Waals surface area contributed by atoms with Gasteiger partial charge in [0.25, 0.3) is 23.6 Å². The molecule has 1 aromatic carbocycles. The molecule has 0 spiro atoms. The van der Waals surface area contributed by atoms with Gasteiger partial charge in [-0.1, -0.05) is 0 Å². The van der Waals surface area contributed by atoms with Gasteiger partial charge in [-0.25, -0.2) is 9.80 Å². The van der Waals surface area contributed by atoms with E-state index in [0.29, 0.717) is 11.4 Å². The number of benzene rings is 1. The fourth-order valence-corrected chi connectivity index (χ4v) is 2.06. The molecule has 0 atom stereocenters. The van der Waals surface area contributed by atoms with Gasteiger partial charge in [0.1, 0.15) is 0 Å². The number of anilines is 2. The number of nitrogens with zero attached hydrogens (tertiary/aromatic N) is 2. The summed E-state index contributed by atoms with van der Waals surface area (Å²) in [5, 5.41) is 0. The van der Waals surface area contributed by atoms with Gasteiger partial charge < -0.3 is 0 Å². The van der Waals surface area contributed by atoms with Crippen molar-refractivity contribution in [2.45, 2.75) is 0 Å². The van der Waals surface area contributed by atoms with Crippen molar-refractivity contribution >= 4 is 35.0 Å². The highest BCUT2D eigenvalue weighted by Crippen LogP contribution is 2.25. The lowest BCUT2D eigenvalue weighted by molar-refractivity contribution is -0.121. The molecule has 2 aliphatic rings. The molecule has 1 aromatic rings. The molecule has 6 heteroatoms. The maximum atomic E-state index is 11.5.